The molecule has 1 atom stereocenters. The van der Waals surface area contributed by atoms with Gasteiger partial charge in [0.1, 0.15) is 6.33 Å². The molecule has 0 bridgehead atoms. The fourth-order valence-corrected chi connectivity index (χ4v) is 5.70. The van der Waals surface area contributed by atoms with Gasteiger partial charge in [0.05, 0.1) is 34.4 Å². The van der Waals surface area contributed by atoms with E-state index >= 15 is 0 Å². The first-order chi connectivity index (χ1) is 13.8. The summed E-state index contributed by atoms with van der Waals surface area (Å²) in [4.78, 5) is 25.3. The Balaban J connectivity index is 1.46. The molecule has 2 fully saturated rings. The first-order valence-electron chi connectivity index (χ1n) is 9.98. The fraction of sp³-hybridized carbons (Fsp3) is 0.550. The van der Waals surface area contributed by atoms with Gasteiger partial charge in [-0.25, -0.2) is 18.4 Å². The summed E-state index contributed by atoms with van der Waals surface area (Å²) in [5.74, 6) is 0.298. The molecule has 0 aliphatic carbocycles. The highest BCUT2D eigenvalue weighted by Crippen LogP contribution is 2.28. The summed E-state index contributed by atoms with van der Waals surface area (Å²) in [6, 6.07) is 6.02. The van der Waals surface area contributed by atoms with Crippen LogP contribution in [0, 0.1) is 5.92 Å². The zero-order valence-corrected chi connectivity index (χ0v) is 17.6. The van der Waals surface area contributed by atoms with Crippen LogP contribution in [-0.2, 0) is 14.6 Å². The summed E-state index contributed by atoms with van der Waals surface area (Å²) in [5, 5.41) is 0.869. The first kappa shape index (κ1) is 19.9. The molecule has 1 aromatic heterocycles. The van der Waals surface area contributed by atoms with Crippen LogP contribution in [0.4, 0.5) is 5.69 Å². The van der Waals surface area contributed by atoms with Crippen molar-refractivity contribution in [3.63, 3.8) is 0 Å². The van der Waals surface area contributed by atoms with Gasteiger partial charge in [0.25, 0.3) is 0 Å². The Morgan fingerprint density at radius 1 is 1.17 bits per heavy atom. The molecule has 1 unspecified atom stereocenters. The van der Waals surface area contributed by atoms with Crippen LogP contribution >= 0.6 is 0 Å². The molecular weight excluding hydrogens is 392 g/mol. The molecule has 0 spiro atoms. The number of ether oxygens (including phenoxy) is 1. The Labute approximate surface area is 170 Å². The van der Waals surface area contributed by atoms with Gasteiger partial charge in [-0.15, -0.1) is 0 Å². The number of carbonyl (C=O) groups excluding carboxylic acids is 1. The van der Waals surface area contributed by atoms with Crippen molar-refractivity contribution in [2.45, 2.75) is 26.4 Å². The smallest absolute Gasteiger partial charge is 0.226 e. The maximum atomic E-state index is 12.7. The van der Waals surface area contributed by atoms with Crippen molar-refractivity contribution in [2.24, 2.45) is 5.92 Å². The van der Waals surface area contributed by atoms with E-state index in [0.29, 0.717) is 38.5 Å². The Morgan fingerprint density at radius 2 is 1.93 bits per heavy atom. The van der Waals surface area contributed by atoms with Crippen LogP contribution in [0.5, 0.6) is 5.88 Å². The number of sulfone groups is 1. The number of carbonyl (C=O) groups is 1. The van der Waals surface area contributed by atoms with E-state index in [0.717, 1.165) is 16.6 Å². The topological polar surface area (TPSA) is 92.7 Å². The van der Waals surface area contributed by atoms with Crippen molar-refractivity contribution in [1.29, 1.82) is 0 Å². The molecule has 8 nitrogen and oxygen atoms in total. The van der Waals surface area contributed by atoms with Crippen LogP contribution in [0.3, 0.4) is 0 Å². The van der Waals surface area contributed by atoms with Gasteiger partial charge < -0.3 is 14.5 Å². The minimum atomic E-state index is -3.05. The summed E-state index contributed by atoms with van der Waals surface area (Å²) in [7, 11) is -3.05. The summed E-state index contributed by atoms with van der Waals surface area (Å²) < 4.78 is 29.2. The van der Waals surface area contributed by atoms with E-state index in [1.54, 1.807) is 4.90 Å². The second-order valence-electron chi connectivity index (χ2n) is 7.96. The zero-order valence-electron chi connectivity index (χ0n) is 16.7. The minimum absolute atomic E-state index is 0.00461. The molecule has 156 valence electrons. The normalized spacial score (nSPS) is 21.7. The van der Waals surface area contributed by atoms with E-state index in [1.165, 1.54) is 6.33 Å². The third-order valence-electron chi connectivity index (χ3n) is 5.47. The number of benzene rings is 1. The molecule has 2 aromatic rings. The van der Waals surface area contributed by atoms with Gasteiger partial charge in [-0.3, -0.25) is 4.79 Å². The molecule has 0 N–H and O–H groups in total. The van der Waals surface area contributed by atoms with Crippen LogP contribution in [0.1, 0.15) is 20.3 Å². The monoisotopic (exact) mass is 418 g/mol. The molecule has 4 rings (SSSR count). The summed E-state index contributed by atoms with van der Waals surface area (Å²) in [6.45, 7) is 6.50. The molecule has 9 heteroatoms. The number of anilines is 1. The zero-order chi connectivity index (χ0) is 20.6. The van der Waals surface area contributed by atoms with Gasteiger partial charge in [0, 0.05) is 31.9 Å². The second kappa shape index (κ2) is 7.78. The van der Waals surface area contributed by atoms with Crippen molar-refractivity contribution >= 4 is 32.3 Å². The van der Waals surface area contributed by atoms with Crippen LogP contribution < -0.4 is 9.64 Å². The quantitative estimate of drug-likeness (QED) is 0.743. The third kappa shape index (κ3) is 4.29. The lowest BCUT2D eigenvalue weighted by atomic mass is 10.1. The van der Waals surface area contributed by atoms with Crippen LogP contribution in [0.15, 0.2) is 24.5 Å². The van der Waals surface area contributed by atoms with Gasteiger partial charge in [-0.2, -0.15) is 0 Å². The largest absolute Gasteiger partial charge is 0.474 e. The van der Waals surface area contributed by atoms with E-state index in [2.05, 4.69) is 14.9 Å². The highest BCUT2D eigenvalue weighted by atomic mass is 32.2. The van der Waals surface area contributed by atoms with Gasteiger partial charge >= 0.3 is 0 Å². The molecular formula is C20H26N4O4S. The standard InChI is InChI=1S/C20H26N4O4S/c1-14(2)28-19-17-11-16(3-4-18(17)21-13-22-19)23-6-8-24(9-7-23)20(25)15-5-10-29(26,27)12-15/h3-4,11,13-15H,5-10,12H2,1-2H3. The Morgan fingerprint density at radius 3 is 2.59 bits per heavy atom. The van der Waals surface area contributed by atoms with Gasteiger partial charge in [-0.1, -0.05) is 0 Å². The lowest BCUT2D eigenvalue weighted by Gasteiger charge is -2.37. The van der Waals surface area contributed by atoms with Crippen molar-refractivity contribution < 1.29 is 17.9 Å². The maximum Gasteiger partial charge on any atom is 0.226 e. The lowest BCUT2D eigenvalue weighted by molar-refractivity contribution is -0.135. The Hall–Kier alpha value is -2.42. The number of hydrogen-bond donors (Lipinski definition) is 0. The number of hydrogen-bond acceptors (Lipinski definition) is 7. The summed E-state index contributed by atoms with van der Waals surface area (Å²) in [6.07, 6.45) is 1.98. The number of nitrogens with zero attached hydrogens (tertiary/aromatic N) is 4. The average molecular weight is 419 g/mol. The molecule has 0 saturated carbocycles. The van der Waals surface area contributed by atoms with Crippen LogP contribution in [0.2, 0.25) is 0 Å². The van der Waals surface area contributed by atoms with E-state index in [9.17, 15) is 13.2 Å². The van der Waals surface area contributed by atoms with E-state index in [-0.39, 0.29) is 29.4 Å². The lowest BCUT2D eigenvalue weighted by Crippen LogP contribution is -2.50. The second-order valence-corrected chi connectivity index (χ2v) is 10.2. The first-order valence-corrected chi connectivity index (χ1v) is 11.8. The van der Waals surface area contributed by atoms with E-state index in [1.807, 2.05) is 32.0 Å². The molecule has 2 aliphatic rings. The highest BCUT2D eigenvalue weighted by Gasteiger charge is 2.36. The van der Waals surface area contributed by atoms with Crippen molar-refractivity contribution in [3.05, 3.63) is 24.5 Å². The molecule has 0 radical (unpaired) electrons. The van der Waals surface area contributed by atoms with Crippen molar-refractivity contribution in [2.75, 3.05) is 42.6 Å². The van der Waals surface area contributed by atoms with Gasteiger partial charge in [-0.05, 0) is 38.5 Å². The predicted octanol–water partition coefficient (Wildman–Crippen LogP) is 1.50. The van der Waals surface area contributed by atoms with Crippen LogP contribution in [-0.4, -0.2) is 73.0 Å². The van der Waals surface area contributed by atoms with Crippen LogP contribution in [0.25, 0.3) is 10.9 Å². The molecule has 3 heterocycles. The number of rotatable bonds is 4. The number of fused-ring (bicyclic) bond motifs is 1. The Bertz CT molecular complexity index is 1020. The number of piperazine rings is 1. The average Bonchev–Trinajstić information content (AvgIpc) is 3.07. The van der Waals surface area contributed by atoms with E-state index < -0.39 is 9.84 Å². The molecule has 1 aromatic carbocycles. The molecule has 2 saturated heterocycles. The Kier molecular flexibility index (Phi) is 5.33. The minimum Gasteiger partial charge on any atom is -0.474 e. The van der Waals surface area contributed by atoms with E-state index in [4.69, 9.17) is 4.74 Å². The molecule has 1 amide bonds. The maximum absolute atomic E-state index is 12.7. The fourth-order valence-electron chi connectivity index (χ4n) is 3.97. The summed E-state index contributed by atoms with van der Waals surface area (Å²) >= 11 is 0. The van der Waals surface area contributed by atoms with Crippen molar-refractivity contribution in [3.8, 4) is 5.88 Å². The predicted molar refractivity (Wildman–Crippen MR) is 111 cm³/mol. The number of aromatic nitrogens is 2. The third-order valence-corrected chi connectivity index (χ3v) is 7.24. The SMILES string of the molecule is CC(C)Oc1ncnc2ccc(N3CCN(C(=O)C4CCS(=O)(=O)C4)CC3)cc12. The molecule has 29 heavy (non-hydrogen) atoms. The van der Waals surface area contributed by atoms with Gasteiger partial charge in [0.2, 0.25) is 11.8 Å². The molecule has 2 aliphatic heterocycles. The summed E-state index contributed by atoms with van der Waals surface area (Å²) in [5.41, 5.74) is 1.87. The number of amides is 1. The van der Waals surface area contributed by atoms with Crippen molar-refractivity contribution in [1.82, 2.24) is 14.9 Å². The highest BCUT2D eigenvalue weighted by molar-refractivity contribution is 7.91. The van der Waals surface area contributed by atoms with Gasteiger partial charge in [0.15, 0.2) is 9.84 Å².